The van der Waals surface area contributed by atoms with Crippen LogP contribution >= 0.6 is 22.9 Å². The van der Waals surface area contributed by atoms with Gasteiger partial charge < -0.3 is 11.1 Å². The Morgan fingerprint density at radius 2 is 1.64 bits per heavy atom. The van der Waals surface area contributed by atoms with E-state index >= 15 is 0 Å². The third-order valence-electron chi connectivity index (χ3n) is 5.27. The largest absolute Gasteiger partial charge is 0.390 e. The zero-order chi connectivity index (χ0) is 19.5. The summed E-state index contributed by atoms with van der Waals surface area (Å²) in [6.07, 6.45) is 5.67. The fourth-order valence-corrected chi connectivity index (χ4v) is 5.08. The number of amides is 1. The van der Waals surface area contributed by atoms with Crippen molar-refractivity contribution in [3.63, 3.8) is 0 Å². The van der Waals surface area contributed by atoms with E-state index in [2.05, 4.69) is 5.32 Å². The fourth-order valence-electron chi connectivity index (χ4n) is 3.86. The summed E-state index contributed by atoms with van der Waals surface area (Å²) in [6.45, 7) is 0. The lowest BCUT2D eigenvalue weighted by Crippen LogP contribution is -2.36. The van der Waals surface area contributed by atoms with Gasteiger partial charge in [0.05, 0.1) is 10.6 Å². The molecule has 0 radical (unpaired) electrons. The summed E-state index contributed by atoms with van der Waals surface area (Å²) in [5.41, 5.74) is 9.86. The first-order valence-electron chi connectivity index (χ1n) is 9.68. The lowest BCUT2D eigenvalue weighted by atomic mass is 9.94. The highest BCUT2D eigenvalue weighted by Gasteiger charge is 2.26. The predicted octanol–water partition coefficient (Wildman–Crippen LogP) is 6.38. The molecule has 3 N–H and O–H groups in total. The number of nitrogen functional groups attached to an aromatic ring is 1. The van der Waals surface area contributed by atoms with Gasteiger partial charge in [-0.1, -0.05) is 73.3 Å². The lowest BCUT2D eigenvalue weighted by molar-refractivity contribution is 0.0929. The first-order chi connectivity index (χ1) is 13.6. The Morgan fingerprint density at radius 1 is 0.964 bits per heavy atom. The molecule has 0 aliphatic heterocycles. The molecule has 1 aliphatic carbocycles. The monoisotopic (exact) mass is 410 g/mol. The Labute approximate surface area is 174 Å². The molecule has 1 aromatic heterocycles. The van der Waals surface area contributed by atoms with Crippen LogP contribution in [0.3, 0.4) is 0 Å². The van der Waals surface area contributed by atoms with Gasteiger partial charge in [0.2, 0.25) is 0 Å². The third-order valence-corrected chi connectivity index (χ3v) is 6.59. The summed E-state index contributed by atoms with van der Waals surface area (Å²) < 4.78 is 0. The second-order valence-electron chi connectivity index (χ2n) is 7.23. The SMILES string of the molecule is Nc1sc(-c2ccccc2)c(-c2ccc(Cl)cc2)c1C(=O)NC1CCCCC1. The average molecular weight is 411 g/mol. The standard InChI is InChI=1S/C23H23ClN2OS/c24-17-13-11-15(12-14-17)19-20(23(27)26-18-9-5-2-6-10-18)22(25)28-21(19)16-7-3-1-4-8-16/h1,3-4,7-8,11-14,18H,2,5-6,9-10,25H2,(H,26,27). The zero-order valence-electron chi connectivity index (χ0n) is 15.6. The maximum atomic E-state index is 13.2. The molecule has 0 bridgehead atoms. The molecule has 1 aliphatic rings. The number of nitrogens with one attached hydrogen (secondary N) is 1. The van der Waals surface area contributed by atoms with E-state index < -0.39 is 0 Å². The molecule has 1 fully saturated rings. The van der Waals surface area contributed by atoms with Crippen LogP contribution in [0.2, 0.25) is 5.02 Å². The molecule has 28 heavy (non-hydrogen) atoms. The summed E-state index contributed by atoms with van der Waals surface area (Å²) >= 11 is 7.56. The van der Waals surface area contributed by atoms with Crippen LogP contribution in [0.5, 0.6) is 0 Å². The van der Waals surface area contributed by atoms with Gasteiger partial charge in [-0.15, -0.1) is 11.3 Å². The van der Waals surface area contributed by atoms with E-state index in [-0.39, 0.29) is 11.9 Å². The van der Waals surface area contributed by atoms with E-state index in [0.717, 1.165) is 34.4 Å². The minimum Gasteiger partial charge on any atom is -0.390 e. The van der Waals surface area contributed by atoms with Crippen molar-refractivity contribution in [2.24, 2.45) is 0 Å². The van der Waals surface area contributed by atoms with E-state index in [4.69, 9.17) is 17.3 Å². The Balaban J connectivity index is 1.79. The second-order valence-corrected chi connectivity index (χ2v) is 8.72. The molecule has 0 atom stereocenters. The smallest absolute Gasteiger partial charge is 0.255 e. The number of carbonyl (C=O) groups is 1. The maximum Gasteiger partial charge on any atom is 0.255 e. The summed E-state index contributed by atoms with van der Waals surface area (Å²) in [4.78, 5) is 14.2. The maximum absolute atomic E-state index is 13.2. The molecule has 144 valence electrons. The molecule has 0 spiro atoms. The van der Waals surface area contributed by atoms with Gasteiger partial charge in [0.25, 0.3) is 5.91 Å². The number of thiophene rings is 1. The van der Waals surface area contributed by atoms with Crippen LogP contribution < -0.4 is 11.1 Å². The van der Waals surface area contributed by atoms with E-state index in [9.17, 15) is 4.79 Å². The summed E-state index contributed by atoms with van der Waals surface area (Å²) in [5, 5.41) is 4.44. The quantitative estimate of drug-likeness (QED) is 0.524. The first-order valence-corrected chi connectivity index (χ1v) is 10.9. The van der Waals surface area contributed by atoms with Gasteiger partial charge in [-0.05, 0) is 36.1 Å². The number of nitrogens with two attached hydrogens (primary N) is 1. The lowest BCUT2D eigenvalue weighted by Gasteiger charge is -2.23. The number of carbonyl (C=O) groups excluding carboxylic acids is 1. The van der Waals surface area contributed by atoms with E-state index in [0.29, 0.717) is 15.6 Å². The van der Waals surface area contributed by atoms with Crippen LogP contribution in [0, 0.1) is 0 Å². The van der Waals surface area contributed by atoms with Gasteiger partial charge in [0.15, 0.2) is 0 Å². The molecular formula is C23H23ClN2OS. The van der Waals surface area contributed by atoms with Crippen LogP contribution in [0.15, 0.2) is 54.6 Å². The summed E-state index contributed by atoms with van der Waals surface area (Å²) in [5.74, 6) is -0.0761. The summed E-state index contributed by atoms with van der Waals surface area (Å²) in [7, 11) is 0. The molecule has 4 rings (SSSR count). The number of benzene rings is 2. The molecule has 2 aromatic carbocycles. The van der Waals surface area contributed by atoms with Gasteiger partial charge in [-0.25, -0.2) is 0 Å². The molecule has 3 aromatic rings. The molecular weight excluding hydrogens is 388 g/mol. The van der Waals surface area contributed by atoms with E-state index in [1.54, 1.807) is 0 Å². The number of rotatable bonds is 4. The van der Waals surface area contributed by atoms with Crippen molar-refractivity contribution in [1.29, 1.82) is 0 Å². The molecule has 1 saturated carbocycles. The van der Waals surface area contributed by atoms with Crippen molar-refractivity contribution in [2.75, 3.05) is 5.73 Å². The number of hydrogen-bond acceptors (Lipinski definition) is 3. The number of anilines is 1. The minimum atomic E-state index is -0.0761. The third kappa shape index (κ3) is 3.94. The van der Waals surface area contributed by atoms with Gasteiger partial charge in [0, 0.05) is 21.5 Å². The molecule has 0 saturated heterocycles. The molecule has 1 heterocycles. The van der Waals surface area contributed by atoms with Crippen LogP contribution in [0.25, 0.3) is 21.6 Å². The van der Waals surface area contributed by atoms with Gasteiger partial charge >= 0.3 is 0 Å². The predicted molar refractivity (Wildman–Crippen MR) is 119 cm³/mol. The molecule has 3 nitrogen and oxygen atoms in total. The highest BCUT2D eigenvalue weighted by Crippen LogP contribution is 2.45. The molecule has 0 unspecified atom stereocenters. The van der Waals surface area contributed by atoms with E-state index in [1.165, 1.54) is 30.6 Å². The Morgan fingerprint density at radius 3 is 2.32 bits per heavy atom. The van der Waals surface area contributed by atoms with Gasteiger partial charge in [-0.2, -0.15) is 0 Å². The van der Waals surface area contributed by atoms with E-state index in [1.807, 2.05) is 54.6 Å². The average Bonchev–Trinajstić information content (AvgIpc) is 3.07. The normalized spacial score (nSPS) is 14.8. The zero-order valence-corrected chi connectivity index (χ0v) is 17.2. The Hall–Kier alpha value is -2.30. The fraction of sp³-hybridized carbons (Fsp3) is 0.261. The van der Waals surface area contributed by atoms with Crippen LogP contribution in [0.4, 0.5) is 5.00 Å². The van der Waals surface area contributed by atoms with Crippen molar-refractivity contribution < 1.29 is 4.79 Å². The molecule has 5 heteroatoms. The topological polar surface area (TPSA) is 55.1 Å². The molecule has 1 amide bonds. The Kier molecular flexibility index (Phi) is 5.69. The van der Waals surface area contributed by atoms with Crippen LogP contribution in [-0.2, 0) is 0 Å². The van der Waals surface area contributed by atoms with Crippen molar-refractivity contribution in [3.8, 4) is 21.6 Å². The summed E-state index contributed by atoms with van der Waals surface area (Å²) in [6, 6.07) is 17.9. The van der Waals surface area contributed by atoms with Crippen molar-refractivity contribution >= 4 is 33.8 Å². The van der Waals surface area contributed by atoms with Crippen molar-refractivity contribution in [3.05, 3.63) is 65.2 Å². The highest BCUT2D eigenvalue weighted by molar-refractivity contribution is 7.20. The van der Waals surface area contributed by atoms with Crippen molar-refractivity contribution in [2.45, 2.75) is 38.1 Å². The second kappa shape index (κ2) is 8.38. The van der Waals surface area contributed by atoms with Crippen molar-refractivity contribution in [1.82, 2.24) is 5.32 Å². The number of halogens is 1. The van der Waals surface area contributed by atoms with Crippen LogP contribution in [0.1, 0.15) is 42.5 Å². The minimum absolute atomic E-state index is 0.0761. The Bertz CT molecular complexity index is 960. The number of hydrogen-bond donors (Lipinski definition) is 2. The van der Waals surface area contributed by atoms with Gasteiger partial charge in [-0.3, -0.25) is 4.79 Å². The van der Waals surface area contributed by atoms with Gasteiger partial charge in [0.1, 0.15) is 0 Å². The van der Waals surface area contributed by atoms with Crippen LogP contribution in [-0.4, -0.2) is 11.9 Å². The highest BCUT2D eigenvalue weighted by atomic mass is 35.5. The first kappa shape index (κ1) is 19.0.